The number of aryl methyl sites for hydroxylation is 2. The fourth-order valence-electron chi connectivity index (χ4n) is 1.76. The van der Waals surface area contributed by atoms with Gasteiger partial charge in [-0.05, 0) is 31.5 Å². The van der Waals surface area contributed by atoms with Crippen LogP contribution in [0.1, 0.15) is 16.8 Å². The van der Waals surface area contributed by atoms with Crippen LogP contribution in [0.4, 0.5) is 0 Å². The summed E-state index contributed by atoms with van der Waals surface area (Å²) in [6.07, 6.45) is 0. The molecule has 0 unspecified atom stereocenters. The van der Waals surface area contributed by atoms with Crippen molar-refractivity contribution in [2.24, 2.45) is 0 Å². The molecule has 0 spiro atoms. The van der Waals surface area contributed by atoms with Gasteiger partial charge in [-0.3, -0.25) is 0 Å². The average molecular weight is 243 g/mol. The van der Waals surface area contributed by atoms with E-state index in [1.807, 2.05) is 37.3 Å². The lowest BCUT2D eigenvalue weighted by Gasteiger charge is -2.09. The van der Waals surface area contributed by atoms with Crippen molar-refractivity contribution in [3.8, 4) is 11.6 Å². The highest BCUT2D eigenvalue weighted by atomic mass is 16.5. The minimum absolute atomic E-state index is 0.446. The zero-order valence-corrected chi connectivity index (χ0v) is 10.9. The first-order valence-corrected chi connectivity index (χ1v) is 5.89. The molecule has 0 amide bonds. The van der Waals surface area contributed by atoms with E-state index in [0.717, 1.165) is 17.0 Å². The van der Waals surface area contributed by atoms with Crippen LogP contribution in [0.5, 0.6) is 11.6 Å². The van der Waals surface area contributed by atoms with Crippen LogP contribution in [-0.2, 0) is 6.61 Å². The Hall–Kier alpha value is -2.03. The number of rotatable bonds is 4. The van der Waals surface area contributed by atoms with Gasteiger partial charge in [0, 0.05) is 6.07 Å². The SMILES string of the molecule is COc1cccc(COc2ccc(C)cc2C)n1. The molecule has 0 fully saturated rings. The van der Waals surface area contributed by atoms with Gasteiger partial charge in [-0.15, -0.1) is 0 Å². The Morgan fingerprint density at radius 3 is 2.67 bits per heavy atom. The molecule has 1 aromatic carbocycles. The van der Waals surface area contributed by atoms with Gasteiger partial charge in [0.1, 0.15) is 12.4 Å². The fraction of sp³-hybridized carbons (Fsp3) is 0.267. The third-order valence-electron chi connectivity index (χ3n) is 2.70. The normalized spacial score (nSPS) is 10.2. The summed E-state index contributed by atoms with van der Waals surface area (Å²) < 4.78 is 10.8. The van der Waals surface area contributed by atoms with E-state index < -0.39 is 0 Å². The van der Waals surface area contributed by atoms with E-state index in [0.29, 0.717) is 12.5 Å². The van der Waals surface area contributed by atoms with E-state index in [-0.39, 0.29) is 0 Å². The van der Waals surface area contributed by atoms with Crippen molar-refractivity contribution in [3.05, 3.63) is 53.2 Å². The monoisotopic (exact) mass is 243 g/mol. The number of ether oxygens (including phenoxy) is 2. The number of nitrogens with zero attached hydrogens (tertiary/aromatic N) is 1. The van der Waals surface area contributed by atoms with Crippen molar-refractivity contribution in [1.82, 2.24) is 4.98 Å². The summed E-state index contributed by atoms with van der Waals surface area (Å²) >= 11 is 0. The number of hydrogen-bond donors (Lipinski definition) is 0. The molecule has 0 atom stereocenters. The van der Waals surface area contributed by atoms with E-state index in [1.54, 1.807) is 7.11 Å². The van der Waals surface area contributed by atoms with Gasteiger partial charge >= 0.3 is 0 Å². The summed E-state index contributed by atoms with van der Waals surface area (Å²) in [5, 5.41) is 0. The van der Waals surface area contributed by atoms with Crippen LogP contribution in [-0.4, -0.2) is 12.1 Å². The molecule has 2 aromatic rings. The molecule has 3 nitrogen and oxygen atoms in total. The molecule has 0 aliphatic rings. The van der Waals surface area contributed by atoms with Gasteiger partial charge in [-0.25, -0.2) is 4.98 Å². The smallest absolute Gasteiger partial charge is 0.213 e. The highest BCUT2D eigenvalue weighted by molar-refractivity contribution is 5.35. The topological polar surface area (TPSA) is 31.4 Å². The van der Waals surface area contributed by atoms with Gasteiger partial charge in [0.2, 0.25) is 5.88 Å². The molecule has 0 saturated carbocycles. The van der Waals surface area contributed by atoms with E-state index >= 15 is 0 Å². The maximum atomic E-state index is 5.76. The fourth-order valence-corrected chi connectivity index (χ4v) is 1.76. The second-order valence-electron chi connectivity index (χ2n) is 4.23. The molecule has 0 aliphatic carbocycles. The number of pyridine rings is 1. The first kappa shape index (κ1) is 12.4. The summed E-state index contributed by atoms with van der Waals surface area (Å²) in [4.78, 5) is 4.31. The lowest BCUT2D eigenvalue weighted by Crippen LogP contribution is -2.00. The van der Waals surface area contributed by atoms with Gasteiger partial charge in [0.25, 0.3) is 0 Å². The minimum atomic E-state index is 0.446. The van der Waals surface area contributed by atoms with Crippen molar-refractivity contribution in [2.75, 3.05) is 7.11 Å². The van der Waals surface area contributed by atoms with Crippen molar-refractivity contribution >= 4 is 0 Å². The first-order chi connectivity index (χ1) is 8.69. The van der Waals surface area contributed by atoms with Crippen molar-refractivity contribution in [1.29, 1.82) is 0 Å². The Balaban J connectivity index is 2.06. The molecule has 0 aliphatic heterocycles. The van der Waals surface area contributed by atoms with Crippen LogP contribution in [0, 0.1) is 13.8 Å². The minimum Gasteiger partial charge on any atom is -0.487 e. The Bertz CT molecular complexity index is 538. The Kier molecular flexibility index (Phi) is 3.82. The summed E-state index contributed by atoms with van der Waals surface area (Å²) in [5.41, 5.74) is 3.23. The predicted molar refractivity (Wildman–Crippen MR) is 71.0 cm³/mol. The predicted octanol–water partition coefficient (Wildman–Crippen LogP) is 3.29. The molecular formula is C15H17NO2. The molecule has 0 N–H and O–H groups in total. The van der Waals surface area contributed by atoms with Gasteiger partial charge in [-0.1, -0.05) is 23.8 Å². The van der Waals surface area contributed by atoms with Crippen molar-refractivity contribution in [3.63, 3.8) is 0 Å². The second kappa shape index (κ2) is 5.54. The van der Waals surface area contributed by atoms with E-state index in [1.165, 1.54) is 5.56 Å². The molecule has 0 radical (unpaired) electrons. The molecule has 2 rings (SSSR count). The van der Waals surface area contributed by atoms with Crippen LogP contribution in [0.3, 0.4) is 0 Å². The molecule has 0 bridgehead atoms. The number of aromatic nitrogens is 1. The summed E-state index contributed by atoms with van der Waals surface area (Å²) in [5.74, 6) is 1.50. The highest BCUT2D eigenvalue weighted by Gasteiger charge is 2.02. The standard InChI is InChI=1S/C15H17NO2/c1-11-7-8-14(12(2)9-11)18-10-13-5-4-6-15(16-13)17-3/h4-9H,10H2,1-3H3. The van der Waals surface area contributed by atoms with E-state index in [2.05, 4.69) is 18.0 Å². The van der Waals surface area contributed by atoms with Crippen LogP contribution < -0.4 is 9.47 Å². The van der Waals surface area contributed by atoms with E-state index in [9.17, 15) is 0 Å². The second-order valence-corrected chi connectivity index (χ2v) is 4.23. The van der Waals surface area contributed by atoms with Crippen LogP contribution in [0.25, 0.3) is 0 Å². The zero-order chi connectivity index (χ0) is 13.0. The van der Waals surface area contributed by atoms with Crippen LogP contribution in [0.2, 0.25) is 0 Å². The quantitative estimate of drug-likeness (QED) is 0.825. The zero-order valence-electron chi connectivity index (χ0n) is 10.9. The summed E-state index contributed by atoms with van der Waals surface area (Å²) in [6, 6.07) is 11.8. The summed E-state index contributed by atoms with van der Waals surface area (Å²) in [7, 11) is 1.61. The molecule has 18 heavy (non-hydrogen) atoms. The van der Waals surface area contributed by atoms with Crippen molar-refractivity contribution in [2.45, 2.75) is 20.5 Å². The maximum Gasteiger partial charge on any atom is 0.213 e. The summed E-state index contributed by atoms with van der Waals surface area (Å²) in [6.45, 7) is 4.56. The number of benzene rings is 1. The molecule has 1 aromatic heterocycles. The van der Waals surface area contributed by atoms with Crippen molar-refractivity contribution < 1.29 is 9.47 Å². The Morgan fingerprint density at radius 2 is 1.94 bits per heavy atom. The largest absolute Gasteiger partial charge is 0.487 e. The average Bonchev–Trinajstić information content (AvgIpc) is 2.38. The highest BCUT2D eigenvalue weighted by Crippen LogP contribution is 2.20. The first-order valence-electron chi connectivity index (χ1n) is 5.89. The van der Waals surface area contributed by atoms with Crippen LogP contribution >= 0.6 is 0 Å². The molecule has 0 saturated heterocycles. The maximum absolute atomic E-state index is 5.76. The van der Waals surface area contributed by atoms with Gasteiger partial charge < -0.3 is 9.47 Å². The van der Waals surface area contributed by atoms with Gasteiger partial charge in [0.15, 0.2) is 0 Å². The Labute approximate surface area is 107 Å². The Morgan fingerprint density at radius 1 is 1.11 bits per heavy atom. The van der Waals surface area contributed by atoms with E-state index in [4.69, 9.17) is 9.47 Å². The third kappa shape index (κ3) is 3.00. The molecular weight excluding hydrogens is 226 g/mol. The van der Waals surface area contributed by atoms with Gasteiger partial charge in [-0.2, -0.15) is 0 Å². The third-order valence-corrected chi connectivity index (χ3v) is 2.70. The molecule has 1 heterocycles. The van der Waals surface area contributed by atoms with Gasteiger partial charge in [0.05, 0.1) is 12.8 Å². The lowest BCUT2D eigenvalue weighted by atomic mass is 10.1. The number of hydrogen-bond acceptors (Lipinski definition) is 3. The molecule has 3 heteroatoms. The lowest BCUT2D eigenvalue weighted by molar-refractivity contribution is 0.296. The number of methoxy groups -OCH3 is 1. The molecule has 94 valence electrons. The van der Waals surface area contributed by atoms with Crippen LogP contribution in [0.15, 0.2) is 36.4 Å².